The minimum Gasteiger partial charge on any atom is -0.494 e. The van der Waals surface area contributed by atoms with Crippen LogP contribution >= 0.6 is 0 Å². The van der Waals surface area contributed by atoms with Gasteiger partial charge in [0.25, 0.3) is 5.91 Å². The van der Waals surface area contributed by atoms with E-state index in [4.69, 9.17) is 0 Å². The van der Waals surface area contributed by atoms with Crippen molar-refractivity contribution in [3.05, 3.63) is 71.6 Å². The molecule has 1 amide bonds. The van der Waals surface area contributed by atoms with Crippen molar-refractivity contribution in [1.29, 1.82) is 0 Å². The number of rotatable bonds is 4. The van der Waals surface area contributed by atoms with Crippen LogP contribution in [0, 0.1) is 11.6 Å². The number of carbonyl (C=O) groups is 1. The van der Waals surface area contributed by atoms with Crippen LogP contribution in [0.4, 0.5) is 27.6 Å². The zero-order chi connectivity index (χ0) is 20.5. The number of hydrogen-bond acceptors (Lipinski definition) is 3. The number of hydrogen-bond donors (Lipinski definition) is 1. The Bertz CT molecular complexity index is 1030. The van der Waals surface area contributed by atoms with Crippen molar-refractivity contribution in [2.75, 3.05) is 12.4 Å². The lowest BCUT2D eigenvalue weighted by Gasteiger charge is -2.09. The summed E-state index contributed by atoms with van der Waals surface area (Å²) in [5.74, 6) is -3.00. The molecular formula is C18H12F5N3O2. The minimum absolute atomic E-state index is 0.0792. The molecule has 0 bridgehead atoms. The number of nitrogens with zero attached hydrogens (tertiary/aromatic N) is 2. The molecule has 0 spiro atoms. The van der Waals surface area contributed by atoms with Gasteiger partial charge in [-0.1, -0.05) is 6.07 Å². The Kier molecular flexibility index (Phi) is 5.04. The maximum absolute atomic E-state index is 13.9. The van der Waals surface area contributed by atoms with E-state index in [9.17, 15) is 26.7 Å². The van der Waals surface area contributed by atoms with E-state index in [0.717, 1.165) is 36.1 Å². The van der Waals surface area contributed by atoms with E-state index in [0.29, 0.717) is 0 Å². The third kappa shape index (κ3) is 3.95. The predicted molar refractivity (Wildman–Crippen MR) is 89.4 cm³/mol. The van der Waals surface area contributed by atoms with Crippen LogP contribution in [-0.4, -0.2) is 22.8 Å². The smallest absolute Gasteiger partial charge is 0.416 e. The van der Waals surface area contributed by atoms with Crippen molar-refractivity contribution < 1.29 is 31.5 Å². The fourth-order valence-electron chi connectivity index (χ4n) is 2.38. The second-order valence-electron chi connectivity index (χ2n) is 5.61. The number of benzene rings is 2. The number of alkyl halides is 3. The summed E-state index contributed by atoms with van der Waals surface area (Å²) >= 11 is 0. The zero-order valence-electron chi connectivity index (χ0n) is 14.2. The molecule has 3 rings (SSSR count). The van der Waals surface area contributed by atoms with Gasteiger partial charge < -0.3 is 10.1 Å². The Balaban J connectivity index is 1.83. The van der Waals surface area contributed by atoms with Gasteiger partial charge in [-0.05, 0) is 24.3 Å². The lowest BCUT2D eigenvalue weighted by atomic mass is 10.2. The largest absolute Gasteiger partial charge is 0.494 e. The van der Waals surface area contributed by atoms with Crippen molar-refractivity contribution in [3.63, 3.8) is 0 Å². The first-order chi connectivity index (χ1) is 13.2. The van der Waals surface area contributed by atoms with Crippen molar-refractivity contribution in [2.45, 2.75) is 6.18 Å². The first kappa shape index (κ1) is 19.3. The molecule has 0 aliphatic heterocycles. The summed E-state index contributed by atoms with van der Waals surface area (Å²) in [6.45, 7) is 0. The molecule has 5 nitrogen and oxygen atoms in total. The van der Waals surface area contributed by atoms with E-state index in [1.165, 1.54) is 24.4 Å². The molecule has 0 fully saturated rings. The fourth-order valence-corrected chi connectivity index (χ4v) is 2.38. The maximum Gasteiger partial charge on any atom is 0.416 e. The van der Waals surface area contributed by atoms with E-state index in [2.05, 4.69) is 15.2 Å². The van der Waals surface area contributed by atoms with Crippen LogP contribution in [-0.2, 0) is 6.18 Å². The van der Waals surface area contributed by atoms with Gasteiger partial charge in [-0.2, -0.15) is 18.3 Å². The SMILES string of the molecule is COc1cc(F)c(NC(=O)c2ccn(-c3cccc(C(F)(F)F)c3)n2)cc1F. The maximum atomic E-state index is 13.9. The van der Waals surface area contributed by atoms with Gasteiger partial charge in [0.2, 0.25) is 0 Å². The molecule has 0 aliphatic carbocycles. The normalized spacial score (nSPS) is 11.4. The van der Waals surface area contributed by atoms with Crippen LogP contribution in [0.25, 0.3) is 5.69 Å². The van der Waals surface area contributed by atoms with Crippen LogP contribution in [0.2, 0.25) is 0 Å². The van der Waals surface area contributed by atoms with Gasteiger partial charge >= 0.3 is 6.18 Å². The van der Waals surface area contributed by atoms with E-state index < -0.39 is 35.0 Å². The van der Waals surface area contributed by atoms with Crippen molar-refractivity contribution in [2.24, 2.45) is 0 Å². The van der Waals surface area contributed by atoms with Gasteiger partial charge in [-0.15, -0.1) is 0 Å². The summed E-state index contributed by atoms with van der Waals surface area (Å²) in [6, 6.07) is 7.10. The summed E-state index contributed by atoms with van der Waals surface area (Å²) in [5.41, 5.74) is -1.43. The number of carbonyl (C=O) groups excluding carboxylic acids is 1. The van der Waals surface area contributed by atoms with Crippen molar-refractivity contribution >= 4 is 11.6 Å². The Morgan fingerprint density at radius 3 is 2.54 bits per heavy atom. The first-order valence-electron chi connectivity index (χ1n) is 7.76. The van der Waals surface area contributed by atoms with E-state index in [-0.39, 0.29) is 17.1 Å². The molecule has 3 aromatic rings. The molecule has 0 aliphatic rings. The highest BCUT2D eigenvalue weighted by Gasteiger charge is 2.30. The van der Waals surface area contributed by atoms with E-state index >= 15 is 0 Å². The molecule has 1 N–H and O–H groups in total. The summed E-state index contributed by atoms with van der Waals surface area (Å²) in [5, 5.41) is 6.04. The lowest BCUT2D eigenvalue weighted by molar-refractivity contribution is -0.137. The number of halogens is 5. The fraction of sp³-hybridized carbons (Fsp3) is 0.111. The zero-order valence-corrected chi connectivity index (χ0v) is 14.2. The Labute approximate surface area is 155 Å². The van der Waals surface area contributed by atoms with Gasteiger partial charge in [0.05, 0.1) is 24.0 Å². The molecule has 0 saturated carbocycles. The minimum atomic E-state index is -4.53. The number of nitrogens with one attached hydrogen (secondary N) is 1. The van der Waals surface area contributed by atoms with E-state index in [1.54, 1.807) is 0 Å². The van der Waals surface area contributed by atoms with Crippen LogP contribution in [0.3, 0.4) is 0 Å². The molecule has 28 heavy (non-hydrogen) atoms. The highest BCUT2D eigenvalue weighted by molar-refractivity contribution is 6.02. The molecule has 1 aromatic heterocycles. The number of amides is 1. The number of aromatic nitrogens is 2. The average Bonchev–Trinajstić information content (AvgIpc) is 3.14. The Hall–Kier alpha value is -3.43. The van der Waals surface area contributed by atoms with Crippen LogP contribution < -0.4 is 10.1 Å². The van der Waals surface area contributed by atoms with Crippen molar-refractivity contribution in [3.8, 4) is 11.4 Å². The van der Waals surface area contributed by atoms with Crippen LogP contribution in [0.1, 0.15) is 16.1 Å². The van der Waals surface area contributed by atoms with Crippen molar-refractivity contribution in [1.82, 2.24) is 9.78 Å². The molecule has 1 heterocycles. The molecule has 0 saturated heterocycles. The standard InChI is InChI=1S/C18H12F5N3O2/c1-28-16-9-12(19)15(8-13(16)20)24-17(27)14-5-6-26(25-14)11-4-2-3-10(7-11)18(21,22)23/h2-9H,1H3,(H,24,27). The van der Waals surface area contributed by atoms with Gasteiger partial charge in [0.15, 0.2) is 23.1 Å². The predicted octanol–water partition coefficient (Wildman–Crippen LogP) is 4.43. The first-order valence-corrected chi connectivity index (χ1v) is 7.76. The molecule has 0 radical (unpaired) electrons. The third-order valence-corrected chi connectivity index (χ3v) is 3.75. The van der Waals surface area contributed by atoms with E-state index in [1.807, 2.05) is 0 Å². The molecule has 146 valence electrons. The monoisotopic (exact) mass is 397 g/mol. The lowest BCUT2D eigenvalue weighted by Crippen LogP contribution is -2.14. The number of anilines is 1. The van der Waals surface area contributed by atoms with Crippen LogP contribution in [0.15, 0.2) is 48.7 Å². The molecule has 2 aromatic carbocycles. The Morgan fingerprint density at radius 1 is 1.11 bits per heavy atom. The third-order valence-electron chi connectivity index (χ3n) is 3.75. The van der Waals surface area contributed by atoms with Crippen LogP contribution in [0.5, 0.6) is 5.75 Å². The topological polar surface area (TPSA) is 56.1 Å². The van der Waals surface area contributed by atoms with Gasteiger partial charge in [0.1, 0.15) is 0 Å². The second kappa shape index (κ2) is 7.29. The van der Waals surface area contributed by atoms with Gasteiger partial charge in [0, 0.05) is 18.3 Å². The quantitative estimate of drug-likeness (QED) is 0.663. The molecule has 10 heteroatoms. The summed E-state index contributed by atoms with van der Waals surface area (Å²) < 4.78 is 71.8. The average molecular weight is 397 g/mol. The molecular weight excluding hydrogens is 385 g/mol. The second-order valence-corrected chi connectivity index (χ2v) is 5.61. The highest BCUT2D eigenvalue weighted by Crippen LogP contribution is 2.30. The summed E-state index contributed by atoms with van der Waals surface area (Å²) in [4.78, 5) is 12.2. The highest BCUT2D eigenvalue weighted by atomic mass is 19.4. The number of ether oxygens (including phenoxy) is 1. The Morgan fingerprint density at radius 2 is 1.86 bits per heavy atom. The van der Waals surface area contributed by atoms with Gasteiger partial charge in [-0.3, -0.25) is 4.79 Å². The summed E-state index contributed by atoms with van der Waals surface area (Å²) in [7, 11) is 1.16. The van der Waals surface area contributed by atoms with Gasteiger partial charge in [-0.25, -0.2) is 13.5 Å². The summed E-state index contributed by atoms with van der Waals surface area (Å²) in [6.07, 6.45) is -3.26. The molecule has 0 unspecified atom stereocenters. The molecule has 0 atom stereocenters. The number of methoxy groups -OCH3 is 1.